The third-order valence-electron chi connectivity index (χ3n) is 7.47. The summed E-state index contributed by atoms with van der Waals surface area (Å²) in [6, 6.07) is 24.6. The summed E-state index contributed by atoms with van der Waals surface area (Å²) >= 11 is 6.49. The summed E-state index contributed by atoms with van der Waals surface area (Å²) in [5, 5.41) is 7.42. The van der Waals surface area contributed by atoms with Crippen molar-refractivity contribution in [3.8, 4) is 0 Å². The number of halogens is 1. The van der Waals surface area contributed by atoms with Crippen LogP contribution in [0.1, 0.15) is 48.8 Å². The van der Waals surface area contributed by atoms with Crippen LogP contribution in [0.2, 0.25) is 5.02 Å². The summed E-state index contributed by atoms with van der Waals surface area (Å²) in [6.45, 7) is 0. The third-order valence-corrected chi connectivity index (χ3v) is 7.70. The van der Waals surface area contributed by atoms with Crippen LogP contribution in [-0.2, 0) is 15.1 Å². The first-order valence-electron chi connectivity index (χ1n) is 11.8. The topological polar surface area (TPSA) is 84.2 Å². The number of amides is 2. The van der Waals surface area contributed by atoms with Crippen LogP contribution in [-0.4, -0.2) is 17.9 Å². The molecule has 0 saturated heterocycles. The Labute approximate surface area is 204 Å². The Hall–Kier alpha value is -3.15. The number of fused-ring (bicyclic) bond motifs is 1. The molecule has 2 atom stereocenters. The molecule has 1 fully saturated rings. The van der Waals surface area contributed by atoms with Crippen molar-refractivity contribution in [3.05, 3.63) is 101 Å². The molecular formula is C28H28ClN3O2. The average molecular weight is 474 g/mol. The smallest absolute Gasteiger partial charge is 0.242 e. The number of hydrogen-bond donors (Lipinski definition) is 3. The SMILES string of the molecule is NC(=O)C1(C2NC(c3ccccc3)(c3cccc(Cl)c3)c3ccccc3NC2=O)CCCCC1. The zero-order valence-electron chi connectivity index (χ0n) is 18.9. The summed E-state index contributed by atoms with van der Waals surface area (Å²) in [7, 11) is 0. The summed E-state index contributed by atoms with van der Waals surface area (Å²) < 4.78 is 0. The number of benzene rings is 3. The minimum atomic E-state index is -0.983. The van der Waals surface area contributed by atoms with Crippen molar-refractivity contribution in [2.45, 2.75) is 43.7 Å². The van der Waals surface area contributed by atoms with Gasteiger partial charge in [0.25, 0.3) is 0 Å². The molecule has 2 amide bonds. The number of nitrogens with two attached hydrogens (primary N) is 1. The number of carbonyl (C=O) groups excluding carboxylic acids is 2. The lowest BCUT2D eigenvalue weighted by atomic mass is 9.66. The Kier molecular flexibility index (Phi) is 5.92. The van der Waals surface area contributed by atoms with Crippen LogP contribution in [0, 0.1) is 5.41 Å². The number of hydrogen-bond acceptors (Lipinski definition) is 3. The number of rotatable bonds is 4. The fraction of sp³-hybridized carbons (Fsp3) is 0.286. The Morgan fingerprint density at radius 2 is 1.56 bits per heavy atom. The molecule has 2 aliphatic rings. The molecule has 34 heavy (non-hydrogen) atoms. The molecule has 4 N–H and O–H groups in total. The van der Waals surface area contributed by atoms with E-state index >= 15 is 0 Å². The summed E-state index contributed by atoms with van der Waals surface area (Å²) in [4.78, 5) is 26.8. The maximum absolute atomic E-state index is 13.8. The summed E-state index contributed by atoms with van der Waals surface area (Å²) in [5.74, 6) is -0.674. The Morgan fingerprint density at radius 1 is 0.882 bits per heavy atom. The van der Waals surface area contributed by atoms with E-state index in [-0.39, 0.29) is 5.91 Å². The molecule has 1 heterocycles. The van der Waals surface area contributed by atoms with Crippen LogP contribution in [0.25, 0.3) is 0 Å². The lowest BCUT2D eigenvalue weighted by Gasteiger charge is -2.45. The largest absolute Gasteiger partial charge is 0.369 e. The van der Waals surface area contributed by atoms with Crippen LogP contribution in [0.15, 0.2) is 78.9 Å². The van der Waals surface area contributed by atoms with Crippen LogP contribution >= 0.6 is 11.6 Å². The van der Waals surface area contributed by atoms with Crippen LogP contribution in [0.3, 0.4) is 0 Å². The highest BCUT2D eigenvalue weighted by atomic mass is 35.5. The molecule has 0 bridgehead atoms. The average Bonchev–Trinajstić information content (AvgIpc) is 2.99. The first-order chi connectivity index (χ1) is 16.5. The van der Waals surface area contributed by atoms with E-state index < -0.39 is 22.9 Å². The van der Waals surface area contributed by atoms with Crippen molar-refractivity contribution in [1.82, 2.24) is 5.32 Å². The van der Waals surface area contributed by atoms with Gasteiger partial charge in [0.1, 0.15) is 6.04 Å². The minimum absolute atomic E-state index is 0.243. The fourth-order valence-corrected chi connectivity index (χ4v) is 5.98. The summed E-state index contributed by atoms with van der Waals surface area (Å²) in [6.07, 6.45) is 3.89. The van der Waals surface area contributed by atoms with Gasteiger partial charge in [0.15, 0.2) is 0 Å². The van der Waals surface area contributed by atoms with E-state index in [1.165, 1.54) is 0 Å². The van der Waals surface area contributed by atoms with Crippen LogP contribution in [0.4, 0.5) is 5.69 Å². The third kappa shape index (κ3) is 3.60. The van der Waals surface area contributed by atoms with E-state index in [0.29, 0.717) is 23.6 Å². The van der Waals surface area contributed by atoms with E-state index in [1.54, 1.807) is 0 Å². The second-order valence-corrected chi connectivity index (χ2v) is 9.76. The van der Waals surface area contributed by atoms with Gasteiger partial charge in [-0.1, -0.05) is 91.5 Å². The first-order valence-corrected chi connectivity index (χ1v) is 12.1. The second-order valence-electron chi connectivity index (χ2n) is 9.32. The normalized spacial score (nSPS) is 23.9. The van der Waals surface area contributed by atoms with Gasteiger partial charge in [-0.2, -0.15) is 0 Å². The van der Waals surface area contributed by atoms with Gasteiger partial charge in [-0.3, -0.25) is 14.9 Å². The van der Waals surface area contributed by atoms with E-state index in [1.807, 2.05) is 78.9 Å². The molecule has 0 spiro atoms. The molecule has 0 aromatic heterocycles. The molecule has 1 saturated carbocycles. The van der Waals surface area contributed by atoms with E-state index in [9.17, 15) is 9.59 Å². The molecule has 1 aliphatic carbocycles. The number of primary amides is 1. The molecule has 174 valence electrons. The molecule has 5 rings (SSSR count). The Bertz CT molecular complexity index is 1220. The zero-order chi connectivity index (χ0) is 23.8. The Morgan fingerprint density at radius 3 is 2.26 bits per heavy atom. The minimum Gasteiger partial charge on any atom is -0.369 e. The standard InChI is InChI=1S/C28H28ClN3O2/c29-21-13-9-12-20(18-21)28(19-10-3-1-4-11-19)22-14-5-6-15-23(22)31-25(33)24(32-28)27(26(30)34)16-7-2-8-17-27/h1,3-6,9-15,18,24,32H,2,7-8,16-17H2,(H2,30,34)(H,31,33). The molecule has 3 aromatic rings. The maximum Gasteiger partial charge on any atom is 0.242 e. The van der Waals surface area contributed by atoms with Gasteiger partial charge < -0.3 is 11.1 Å². The van der Waals surface area contributed by atoms with E-state index in [2.05, 4.69) is 10.6 Å². The second kappa shape index (κ2) is 8.90. The quantitative estimate of drug-likeness (QED) is 0.499. The van der Waals surface area contributed by atoms with Crippen molar-refractivity contribution < 1.29 is 9.59 Å². The molecule has 5 nitrogen and oxygen atoms in total. The van der Waals surface area contributed by atoms with Gasteiger partial charge in [0.2, 0.25) is 11.8 Å². The molecular weight excluding hydrogens is 446 g/mol. The van der Waals surface area contributed by atoms with Gasteiger partial charge in [-0.05, 0) is 42.2 Å². The number of nitrogens with one attached hydrogen (secondary N) is 2. The van der Waals surface area contributed by atoms with Crippen molar-refractivity contribution >= 4 is 29.1 Å². The molecule has 1 aliphatic heterocycles. The van der Waals surface area contributed by atoms with Crippen LogP contribution in [0.5, 0.6) is 0 Å². The van der Waals surface area contributed by atoms with Crippen LogP contribution < -0.4 is 16.4 Å². The predicted octanol–water partition coefficient (Wildman–Crippen LogP) is 4.98. The number of para-hydroxylation sites is 1. The van der Waals surface area contributed by atoms with Gasteiger partial charge in [0, 0.05) is 16.3 Å². The van der Waals surface area contributed by atoms with Crippen molar-refractivity contribution in [2.24, 2.45) is 11.1 Å². The molecule has 0 radical (unpaired) electrons. The first kappa shape index (κ1) is 22.6. The van der Waals surface area contributed by atoms with Crippen molar-refractivity contribution in [1.29, 1.82) is 0 Å². The maximum atomic E-state index is 13.8. The monoisotopic (exact) mass is 473 g/mol. The number of anilines is 1. The molecule has 2 unspecified atom stereocenters. The highest BCUT2D eigenvalue weighted by molar-refractivity contribution is 6.30. The van der Waals surface area contributed by atoms with E-state index in [0.717, 1.165) is 36.0 Å². The van der Waals surface area contributed by atoms with Gasteiger partial charge >= 0.3 is 0 Å². The van der Waals surface area contributed by atoms with Gasteiger partial charge in [-0.15, -0.1) is 0 Å². The zero-order valence-corrected chi connectivity index (χ0v) is 19.6. The highest BCUT2D eigenvalue weighted by Crippen LogP contribution is 2.47. The lowest BCUT2D eigenvalue weighted by Crippen LogP contribution is -2.62. The lowest BCUT2D eigenvalue weighted by molar-refractivity contribution is -0.137. The molecule has 6 heteroatoms. The van der Waals surface area contributed by atoms with Crippen molar-refractivity contribution in [2.75, 3.05) is 5.32 Å². The Balaban J connectivity index is 1.82. The van der Waals surface area contributed by atoms with E-state index in [4.69, 9.17) is 17.3 Å². The highest BCUT2D eigenvalue weighted by Gasteiger charge is 2.54. The molecule has 3 aromatic carbocycles. The number of carbonyl (C=O) groups is 2. The predicted molar refractivity (Wildman–Crippen MR) is 134 cm³/mol. The van der Waals surface area contributed by atoms with Crippen molar-refractivity contribution in [3.63, 3.8) is 0 Å². The van der Waals surface area contributed by atoms with Gasteiger partial charge in [-0.25, -0.2) is 0 Å². The van der Waals surface area contributed by atoms with Gasteiger partial charge in [0.05, 0.1) is 11.0 Å². The summed E-state index contributed by atoms with van der Waals surface area (Å²) in [5.41, 5.74) is 7.55. The fourth-order valence-electron chi connectivity index (χ4n) is 5.79.